The van der Waals surface area contributed by atoms with Gasteiger partial charge in [-0.3, -0.25) is 10.2 Å². The summed E-state index contributed by atoms with van der Waals surface area (Å²) in [5.41, 5.74) is 0.477. The fourth-order valence-electron chi connectivity index (χ4n) is 2.79. The summed E-state index contributed by atoms with van der Waals surface area (Å²) in [4.78, 5) is 16.3. The van der Waals surface area contributed by atoms with Crippen LogP contribution in [0.15, 0.2) is 36.5 Å². The lowest BCUT2D eigenvalue weighted by Gasteiger charge is -2.30. The van der Waals surface area contributed by atoms with E-state index in [-0.39, 0.29) is 28.5 Å². The van der Waals surface area contributed by atoms with Crippen LogP contribution >= 0.6 is 0 Å². The van der Waals surface area contributed by atoms with E-state index in [0.717, 1.165) is 6.07 Å². The normalized spacial score (nSPS) is 20.9. The first-order chi connectivity index (χ1) is 13.2. The number of aromatic nitrogens is 1. The third-order valence-electron chi connectivity index (χ3n) is 4.51. The lowest BCUT2D eigenvalue weighted by atomic mass is 10.1. The van der Waals surface area contributed by atoms with E-state index < -0.39 is 32.9 Å². The maximum atomic E-state index is 14.3. The minimum absolute atomic E-state index is 0.0562. The van der Waals surface area contributed by atoms with Crippen LogP contribution in [0.4, 0.5) is 10.1 Å². The summed E-state index contributed by atoms with van der Waals surface area (Å²) >= 11 is 0. The van der Waals surface area contributed by atoms with Gasteiger partial charge in [-0.1, -0.05) is 0 Å². The first-order valence-corrected chi connectivity index (χ1v) is 10.1. The predicted octanol–water partition coefficient (Wildman–Crippen LogP) is 1.91. The number of nitrogens with one attached hydrogen (secondary N) is 3. The summed E-state index contributed by atoms with van der Waals surface area (Å²) in [7, 11) is -2.09. The predicted molar refractivity (Wildman–Crippen MR) is 102 cm³/mol. The van der Waals surface area contributed by atoms with Gasteiger partial charge in [-0.15, -0.1) is 0 Å². The molecule has 1 amide bonds. The Morgan fingerprint density at radius 2 is 2.11 bits per heavy atom. The molecule has 1 aliphatic rings. The zero-order valence-electron chi connectivity index (χ0n) is 15.2. The number of pyridine rings is 1. The molecule has 1 saturated heterocycles. The van der Waals surface area contributed by atoms with Crippen LogP contribution in [0.3, 0.4) is 0 Å². The second-order valence-electron chi connectivity index (χ2n) is 6.36. The number of hydrogen-bond donors (Lipinski definition) is 3. The number of carbonyl (C=O) groups excluding carboxylic acids is 1. The highest BCUT2D eigenvalue weighted by atomic mass is 32.2. The van der Waals surface area contributed by atoms with E-state index in [1.807, 2.05) is 0 Å². The smallest absolute Gasteiger partial charge is 0.274 e. The first kappa shape index (κ1) is 19.7. The molecule has 8 nitrogen and oxygen atoms in total. The molecule has 2 heterocycles. The van der Waals surface area contributed by atoms with Crippen molar-refractivity contribution in [2.45, 2.75) is 18.2 Å². The van der Waals surface area contributed by atoms with Crippen molar-refractivity contribution < 1.29 is 22.3 Å². The Morgan fingerprint density at radius 1 is 1.36 bits per heavy atom. The second-order valence-corrected chi connectivity index (χ2v) is 8.72. The molecule has 10 heteroatoms. The van der Waals surface area contributed by atoms with Gasteiger partial charge in [0.05, 0.1) is 25.1 Å². The SMILES string of the molecule is COc1ccc(C(=O)Nc2ccc(F)c(C3CS(=O)(=O)C(C)C(=N)N3)c2)nc1. The highest BCUT2D eigenvalue weighted by molar-refractivity contribution is 7.92. The number of sulfone groups is 1. The zero-order chi connectivity index (χ0) is 20.5. The molecule has 1 aromatic heterocycles. The van der Waals surface area contributed by atoms with Gasteiger partial charge in [-0.05, 0) is 37.3 Å². The van der Waals surface area contributed by atoms with Gasteiger partial charge in [-0.25, -0.2) is 17.8 Å². The second kappa shape index (κ2) is 7.55. The number of ether oxygens (including phenoxy) is 1. The summed E-state index contributed by atoms with van der Waals surface area (Å²) in [6.07, 6.45) is 1.40. The monoisotopic (exact) mass is 406 g/mol. The van der Waals surface area contributed by atoms with Gasteiger partial charge in [0.2, 0.25) is 0 Å². The summed E-state index contributed by atoms with van der Waals surface area (Å²) in [6, 6.07) is 6.02. The molecule has 3 N–H and O–H groups in total. The summed E-state index contributed by atoms with van der Waals surface area (Å²) in [5, 5.41) is 12.2. The Kier molecular flexibility index (Phi) is 5.32. The standard InChI is InChI=1S/C18H19FN4O4S/c1-10-17(20)23-16(9-28(10,25)26)13-7-11(3-5-14(13)19)22-18(24)15-6-4-12(27-2)8-21-15/h3-8,10,16H,9H2,1-2H3,(H2,20,23)(H,22,24). The molecule has 2 aromatic rings. The third kappa shape index (κ3) is 3.96. The lowest BCUT2D eigenvalue weighted by Crippen LogP contribution is -2.49. The molecule has 3 rings (SSSR count). The Morgan fingerprint density at radius 3 is 2.71 bits per heavy atom. The Balaban J connectivity index is 1.83. The van der Waals surface area contributed by atoms with E-state index >= 15 is 0 Å². The Hall–Kier alpha value is -3.01. The highest BCUT2D eigenvalue weighted by Gasteiger charge is 2.36. The molecule has 1 aromatic carbocycles. The van der Waals surface area contributed by atoms with Crippen molar-refractivity contribution in [3.05, 3.63) is 53.6 Å². The topological polar surface area (TPSA) is 121 Å². The molecular weight excluding hydrogens is 387 g/mol. The van der Waals surface area contributed by atoms with Crippen molar-refractivity contribution in [2.24, 2.45) is 0 Å². The zero-order valence-corrected chi connectivity index (χ0v) is 16.0. The van der Waals surface area contributed by atoms with Crippen molar-refractivity contribution >= 4 is 27.3 Å². The molecule has 0 saturated carbocycles. The molecule has 2 unspecified atom stereocenters. The lowest BCUT2D eigenvalue weighted by molar-refractivity contribution is 0.102. The molecule has 0 aliphatic carbocycles. The number of benzene rings is 1. The van der Waals surface area contributed by atoms with E-state index in [4.69, 9.17) is 10.1 Å². The average Bonchev–Trinajstić information content (AvgIpc) is 2.67. The number of hydrogen-bond acceptors (Lipinski definition) is 6. The van der Waals surface area contributed by atoms with E-state index in [0.29, 0.717) is 5.75 Å². The largest absolute Gasteiger partial charge is 0.495 e. The Bertz CT molecular complexity index is 1020. The average molecular weight is 406 g/mol. The van der Waals surface area contributed by atoms with Crippen molar-refractivity contribution in [3.8, 4) is 5.75 Å². The van der Waals surface area contributed by atoms with Gasteiger partial charge < -0.3 is 15.4 Å². The molecule has 2 atom stereocenters. The van der Waals surface area contributed by atoms with Crippen LogP contribution in [0.5, 0.6) is 5.75 Å². The maximum Gasteiger partial charge on any atom is 0.274 e. The van der Waals surface area contributed by atoms with Gasteiger partial charge in [0, 0.05) is 11.3 Å². The van der Waals surface area contributed by atoms with Gasteiger partial charge in [0.15, 0.2) is 9.84 Å². The number of methoxy groups -OCH3 is 1. The molecular formula is C18H19FN4O4S. The molecule has 1 fully saturated rings. The molecule has 0 radical (unpaired) electrons. The number of rotatable bonds is 4. The van der Waals surface area contributed by atoms with Crippen LogP contribution < -0.4 is 15.4 Å². The highest BCUT2D eigenvalue weighted by Crippen LogP contribution is 2.27. The first-order valence-electron chi connectivity index (χ1n) is 8.38. The third-order valence-corrected chi connectivity index (χ3v) is 6.62. The minimum Gasteiger partial charge on any atom is -0.495 e. The van der Waals surface area contributed by atoms with E-state index in [1.54, 1.807) is 6.07 Å². The van der Waals surface area contributed by atoms with Crippen molar-refractivity contribution in [3.63, 3.8) is 0 Å². The van der Waals surface area contributed by atoms with Crippen LogP contribution in [0.25, 0.3) is 0 Å². The number of amides is 1. The van der Waals surface area contributed by atoms with Gasteiger partial charge in [0.25, 0.3) is 5.91 Å². The number of anilines is 1. The van der Waals surface area contributed by atoms with Crippen LogP contribution in [0.2, 0.25) is 0 Å². The van der Waals surface area contributed by atoms with Crippen LogP contribution in [0, 0.1) is 11.2 Å². The van der Waals surface area contributed by atoms with Crippen molar-refractivity contribution in [1.82, 2.24) is 10.3 Å². The number of amidine groups is 1. The van der Waals surface area contributed by atoms with Gasteiger partial charge in [-0.2, -0.15) is 0 Å². The molecule has 0 bridgehead atoms. The fourth-order valence-corrected chi connectivity index (χ4v) is 4.23. The van der Waals surface area contributed by atoms with Crippen molar-refractivity contribution in [2.75, 3.05) is 18.2 Å². The van der Waals surface area contributed by atoms with Gasteiger partial charge >= 0.3 is 0 Å². The van der Waals surface area contributed by atoms with E-state index in [1.165, 1.54) is 38.4 Å². The number of nitrogens with zero attached hydrogens (tertiary/aromatic N) is 1. The number of carbonyl (C=O) groups is 1. The molecule has 0 spiro atoms. The molecule has 28 heavy (non-hydrogen) atoms. The quantitative estimate of drug-likeness (QED) is 0.713. The van der Waals surface area contributed by atoms with E-state index in [2.05, 4.69) is 15.6 Å². The van der Waals surface area contributed by atoms with Crippen LogP contribution in [0.1, 0.15) is 29.0 Å². The van der Waals surface area contributed by atoms with Crippen LogP contribution in [-0.2, 0) is 9.84 Å². The fraction of sp³-hybridized carbons (Fsp3) is 0.278. The summed E-state index contributed by atoms with van der Waals surface area (Å²) in [5.74, 6) is -1.17. The molecule has 1 aliphatic heterocycles. The molecule has 148 valence electrons. The Labute approximate surface area is 161 Å². The minimum atomic E-state index is -3.57. The maximum absolute atomic E-state index is 14.3. The van der Waals surface area contributed by atoms with Gasteiger partial charge in [0.1, 0.15) is 28.3 Å². The van der Waals surface area contributed by atoms with Crippen molar-refractivity contribution in [1.29, 1.82) is 5.41 Å². The summed E-state index contributed by atoms with van der Waals surface area (Å²) < 4.78 is 43.7. The number of halogens is 1. The van der Waals surface area contributed by atoms with Crippen LogP contribution in [-0.4, -0.2) is 43.3 Å². The summed E-state index contributed by atoms with van der Waals surface area (Å²) in [6.45, 7) is 1.41. The van der Waals surface area contributed by atoms with E-state index in [9.17, 15) is 17.6 Å².